The Morgan fingerprint density at radius 1 is 0.977 bits per heavy atom. The fraction of sp³-hybridized carbons (Fsp3) is 0.314. The predicted octanol–water partition coefficient (Wildman–Crippen LogP) is 7.16. The van der Waals surface area contributed by atoms with Gasteiger partial charge in [-0.1, -0.05) is 61.7 Å². The summed E-state index contributed by atoms with van der Waals surface area (Å²) in [6, 6.07) is 19.3. The molecule has 1 unspecified atom stereocenters. The van der Waals surface area contributed by atoms with Crippen LogP contribution in [0.3, 0.4) is 0 Å². The molecule has 44 heavy (non-hydrogen) atoms. The van der Waals surface area contributed by atoms with Gasteiger partial charge in [-0.15, -0.1) is 0 Å². The van der Waals surface area contributed by atoms with Gasteiger partial charge < -0.3 is 20.0 Å². The average Bonchev–Trinajstić information content (AvgIpc) is 3.40. The smallest absolute Gasteiger partial charge is 0.416 e. The SMILES string of the molecule is Cn1c(=O)c(C(c2ccc(C(F)(F)F)cc2)c2[nH]c3ccccc3c2CCNC(=O)C2CCCCC2)c(O)c2ccccc21. The molecule has 1 amide bonds. The van der Waals surface area contributed by atoms with E-state index in [0.717, 1.165) is 60.7 Å². The maximum atomic E-state index is 14.0. The third-order valence-electron chi connectivity index (χ3n) is 8.96. The molecule has 0 radical (unpaired) electrons. The van der Waals surface area contributed by atoms with Crippen LogP contribution < -0.4 is 10.9 Å². The van der Waals surface area contributed by atoms with Crippen molar-refractivity contribution in [3.05, 3.63) is 111 Å². The third kappa shape index (κ3) is 5.47. The number of nitrogens with zero attached hydrogens (tertiary/aromatic N) is 1. The highest BCUT2D eigenvalue weighted by atomic mass is 19.4. The van der Waals surface area contributed by atoms with E-state index in [9.17, 15) is 27.9 Å². The maximum Gasteiger partial charge on any atom is 0.416 e. The Labute approximate surface area is 252 Å². The minimum Gasteiger partial charge on any atom is -0.507 e. The number of carbonyl (C=O) groups excluding carboxylic acids is 1. The van der Waals surface area contributed by atoms with Crippen molar-refractivity contribution in [3.63, 3.8) is 0 Å². The highest BCUT2D eigenvalue weighted by Gasteiger charge is 2.33. The van der Waals surface area contributed by atoms with Crippen molar-refractivity contribution in [2.24, 2.45) is 13.0 Å². The fourth-order valence-corrected chi connectivity index (χ4v) is 6.66. The van der Waals surface area contributed by atoms with Crippen molar-refractivity contribution in [3.8, 4) is 5.75 Å². The van der Waals surface area contributed by atoms with Gasteiger partial charge in [0.25, 0.3) is 5.56 Å². The van der Waals surface area contributed by atoms with E-state index in [2.05, 4.69) is 10.3 Å². The summed E-state index contributed by atoms with van der Waals surface area (Å²) in [5.41, 5.74) is 1.94. The Morgan fingerprint density at radius 2 is 1.64 bits per heavy atom. The van der Waals surface area contributed by atoms with Crippen LogP contribution in [-0.2, 0) is 24.4 Å². The van der Waals surface area contributed by atoms with E-state index >= 15 is 0 Å². The van der Waals surface area contributed by atoms with Crippen molar-refractivity contribution in [1.29, 1.82) is 0 Å². The molecule has 2 heterocycles. The number of fused-ring (bicyclic) bond motifs is 2. The van der Waals surface area contributed by atoms with Crippen LogP contribution in [0.15, 0.2) is 77.6 Å². The number of H-pyrrole nitrogens is 1. The highest BCUT2D eigenvalue weighted by Crippen LogP contribution is 2.42. The molecule has 228 valence electrons. The molecule has 5 aromatic rings. The number of amides is 1. The van der Waals surface area contributed by atoms with Crippen LogP contribution in [-0.4, -0.2) is 27.1 Å². The molecule has 6 nitrogen and oxygen atoms in total. The summed E-state index contributed by atoms with van der Waals surface area (Å²) >= 11 is 0. The molecule has 0 saturated heterocycles. The van der Waals surface area contributed by atoms with Crippen LogP contribution in [0.1, 0.15) is 66.0 Å². The predicted molar refractivity (Wildman–Crippen MR) is 165 cm³/mol. The summed E-state index contributed by atoms with van der Waals surface area (Å²) in [6.07, 6.45) is 0.888. The zero-order valence-corrected chi connectivity index (χ0v) is 24.4. The lowest BCUT2D eigenvalue weighted by molar-refractivity contribution is -0.137. The lowest BCUT2D eigenvalue weighted by Crippen LogP contribution is -2.33. The Kier molecular flexibility index (Phi) is 7.97. The van der Waals surface area contributed by atoms with Crippen LogP contribution in [0, 0.1) is 5.92 Å². The van der Waals surface area contributed by atoms with Crippen molar-refractivity contribution in [1.82, 2.24) is 14.9 Å². The van der Waals surface area contributed by atoms with Gasteiger partial charge in [-0.25, -0.2) is 0 Å². The number of rotatable bonds is 7. The number of aromatic amines is 1. The molecule has 3 aromatic carbocycles. The van der Waals surface area contributed by atoms with Gasteiger partial charge in [0, 0.05) is 41.5 Å². The first kappa shape index (κ1) is 29.5. The molecule has 1 saturated carbocycles. The number of aromatic nitrogens is 2. The van der Waals surface area contributed by atoms with Crippen molar-refractivity contribution < 1.29 is 23.1 Å². The molecule has 0 bridgehead atoms. The zero-order chi connectivity index (χ0) is 31.0. The van der Waals surface area contributed by atoms with E-state index < -0.39 is 23.2 Å². The number of nitrogens with one attached hydrogen (secondary N) is 2. The van der Waals surface area contributed by atoms with Crippen LogP contribution in [0.5, 0.6) is 5.75 Å². The second kappa shape index (κ2) is 11.9. The van der Waals surface area contributed by atoms with Gasteiger partial charge in [-0.2, -0.15) is 13.2 Å². The first-order chi connectivity index (χ1) is 21.1. The van der Waals surface area contributed by atoms with E-state index in [1.165, 1.54) is 16.7 Å². The molecule has 1 aliphatic carbocycles. The quantitative estimate of drug-likeness (QED) is 0.185. The molecular weight excluding hydrogens is 567 g/mol. The van der Waals surface area contributed by atoms with Crippen LogP contribution >= 0.6 is 0 Å². The summed E-state index contributed by atoms with van der Waals surface area (Å²) in [5, 5.41) is 16.0. The number of benzene rings is 3. The molecule has 0 spiro atoms. The van der Waals surface area contributed by atoms with Gasteiger partial charge in [0.05, 0.1) is 22.6 Å². The second-order valence-electron chi connectivity index (χ2n) is 11.6. The fourth-order valence-electron chi connectivity index (χ4n) is 6.66. The van der Waals surface area contributed by atoms with Crippen molar-refractivity contribution in [2.75, 3.05) is 6.54 Å². The summed E-state index contributed by atoms with van der Waals surface area (Å²) in [7, 11) is 1.62. The van der Waals surface area contributed by atoms with Crippen LogP contribution in [0.4, 0.5) is 13.2 Å². The summed E-state index contributed by atoms with van der Waals surface area (Å²) in [5.74, 6) is -1.10. The number of para-hydroxylation sites is 2. The maximum absolute atomic E-state index is 14.0. The number of halogens is 3. The molecule has 9 heteroatoms. The van der Waals surface area contributed by atoms with E-state index in [0.29, 0.717) is 35.1 Å². The molecule has 1 aliphatic rings. The van der Waals surface area contributed by atoms with E-state index in [4.69, 9.17) is 0 Å². The normalized spacial score (nSPS) is 15.1. The minimum absolute atomic E-state index is 0.00338. The lowest BCUT2D eigenvalue weighted by atomic mass is 9.84. The zero-order valence-electron chi connectivity index (χ0n) is 24.4. The standard InChI is InChI=1S/C35H34F3N3O3/c1-41-28-14-8-6-12-26(28)32(42)30(34(41)44)29(21-15-17-23(18-16-21)35(36,37)38)31-25(24-11-5-7-13-27(24)40-31)19-20-39-33(43)22-9-3-2-4-10-22/h5-8,11-18,22,29,40,42H,2-4,9-10,19-20H2,1H3,(H,39,43). The average molecular weight is 602 g/mol. The number of carbonyl (C=O) groups is 1. The number of hydrogen-bond acceptors (Lipinski definition) is 3. The van der Waals surface area contributed by atoms with Gasteiger partial charge in [0.1, 0.15) is 5.75 Å². The van der Waals surface area contributed by atoms with Crippen LogP contribution in [0.2, 0.25) is 0 Å². The van der Waals surface area contributed by atoms with Crippen molar-refractivity contribution >= 4 is 27.7 Å². The largest absolute Gasteiger partial charge is 0.507 e. The van der Waals surface area contributed by atoms with Gasteiger partial charge in [0.15, 0.2) is 0 Å². The van der Waals surface area contributed by atoms with Crippen molar-refractivity contribution in [2.45, 2.75) is 50.6 Å². The molecular formula is C35H34F3N3O3. The number of aromatic hydroxyl groups is 1. The molecule has 1 fully saturated rings. The van der Waals surface area contributed by atoms with Gasteiger partial charge >= 0.3 is 6.18 Å². The van der Waals surface area contributed by atoms with Gasteiger partial charge in [-0.3, -0.25) is 9.59 Å². The Hall–Kier alpha value is -4.53. The first-order valence-electron chi connectivity index (χ1n) is 15.0. The molecule has 0 aliphatic heterocycles. The van der Waals surface area contributed by atoms with Gasteiger partial charge in [0.2, 0.25) is 5.91 Å². The topological polar surface area (TPSA) is 87.1 Å². The molecule has 6 rings (SSSR count). The monoisotopic (exact) mass is 601 g/mol. The number of hydrogen-bond donors (Lipinski definition) is 3. The van der Waals surface area contributed by atoms with E-state index in [1.807, 2.05) is 24.3 Å². The first-order valence-corrected chi connectivity index (χ1v) is 15.0. The summed E-state index contributed by atoms with van der Waals surface area (Å²) in [4.78, 5) is 30.3. The van der Waals surface area contributed by atoms with Gasteiger partial charge in [-0.05, 0) is 60.7 Å². The Morgan fingerprint density at radius 3 is 2.34 bits per heavy atom. The lowest BCUT2D eigenvalue weighted by Gasteiger charge is -2.23. The number of aryl methyl sites for hydroxylation is 1. The number of pyridine rings is 1. The van der Waals surface area contributed by atoms with E-state index in [-0.39, 0.29) is 23.1 Å². The number of alkyl halides is 3. The Bertz CT molecular complexity index is 1880. The highest BCUT2D eigenvalue weighted by molar-refractivity contribution is 5.88. The third-order valence-corrected chi connectivity index (χ3v) is 8.96. The molecule has 3 N–H and O–H groups in total. The summed E-state index contributed by atoms with van der Waals surface area (Å²) < 4.78 is 42.0. The summed E-state index contributed by atoms with van der Waals surface area (Å²) in [6.45, 7) is 0.353. The second-order valence-corrected chi connectivity index (χ2v) is 11.6. The minimum atomic E-state index is -4.53. The van der Waals surface area contributed by atoms with E-state index in [1.54, 1.807) is 31.3 Å². The molecule has 1 atom stereocenters. The Balaban J connectivity index is 1.50. The molecule has 2 aromatic heterocycles. The van der Waals surface area contributed by atoms with Crippen LogP contribution in [0.25, 0.3) is 21.8 Å².